The van der Waals surface area contributed by atoms with Crippen LogP contribution in [0.1, 0.15) is 18.1 Å². The van der Waals surface area contributed by atoms with Crippen LogP contribution in [0.4, 0.5) is 16.2 Å². The van der Waals surface area contributed by atoms with Gasteiger partial charge in [0.05, 0.1) is 19.9 Å². The van der Waals surface area contributed by atoms with E-state index in [1.165, 1.54) is 27.2 Å². The van der Waals surface area contributed by atoms with Gasteiger partial charge in [-0.2, -0.15) is 0 Å². The monoisotopic (exact) mass is 515 g/mol. The zero-order valence-electron chi connectivity index (χ0n) is 20.9. The Balaban J connectivity index is 1.59. The molecule has 0 unspecified atom stereocenters. The molecule has 0 aliphatic carbocycles. The Morgan fingerprint density at radius 2 is 1.66 bits per heavy atom. The first-order chi connectivity index (χ1) is 18.3. The lowest BCUT2D eigenvalue weighted by Gasteiger charge is -2.27. The lowest BCUT2D eigenvalue weighted by atomic mass is 10.0. The van der Waals surface area contributed by atoms with Crippen LogP contribution in [-0.2, 0) is 21.0 Å². The van der Waals surface area contributed by atoms with Crippen molar-refractivity contribution in [1.29, 1.82) is 0 Å². The average Bonchev–Trinajstić information content (AvgIpc) is 2.90. The molecule has 0 radical (unpaired) electrons. The van der Waals surface area contributed by atoms with E-state index in [1.54, 1.807) is 66.7 Å². The SMILES string of the molecule is COc1ccc(C=C2C(=O)NC(=O)N(c3ccccc3OC)C2=O)cc1COc1ccc(NC(C)=O)cc1. The second kappa shape index (κ2) is 11.3. The van der Waals surface area contributed by atoms with E-state index in [2.05, 4.69) is 10.6 Å². The van der Waals surface area contributed by atoms with Crippen LogP contribution in [0.25, 0.3) is 6.08 Å². The molecule has 10 nitrogen and oxygen atoms in total. The topological polar surface area (TPSA) is 123 Å². The standard InChI is InChI=1S/C28H25N3O7/c1-17(32)29-20-9-11-21(12-10-20)38-16-19-14-18(8-13-24(19)36-2)15-22-26(33)30-28(35)31(27(22)34)23-6-4-5-7-25(23)37-3/h4-15H,16H2,1-3H3,(H,29,32)(H,30,33,35). The largest absolute Gasteiger partial charge is 0.496 e. The fourth-order valence-corrected chi connectivity index (χ4v) is 3.86. The number of nitrogens with one attached hydrogen (secondary N) is 2. The van der Waals surface area contributed by atoms with E-state index < -0.39 is 17.8 Å². The van der Waals surface area contributed by atoms with E-state index in [4.69, 9.17) is 14.2 Å². The van der Waals surface area contributed by atoms with Gasteiger partial charge in [-0.3, -0.25) is 19.7 Å². The summed E-state index contributed by atoms with van der Waals surface area (Å²) in [6.45, 7) is 1.56. The minimum Gasteiger partial charge on any atom is -0.496 e. The van der Waals surface area contributed by atoms with Gasteiger partial charge in [0.15, 0.2) is 0 Å². The normalized spacial score (nSPS) is 14.2. The van der Waals surface area contributed by atoms with Crippen molar-refractivity contribution in [3.8, 4) is 17.2 Å². The molecule has 1 heterocycles. The van der Waals surface area contributed by atoms with Gasteiger partial charge in [0.2, 0.25) is 5.91 Å². The Morgan fingerprint density at radius 1 is 0.947 bits per heavy atom. The number of methoxy groups -OCH3 is 2. The maximum Gasteiger partial charge on any atom is 0.336 e. The molecular formula is C28H25N3O7. The number of imide groups is 2. The number of nitrogens with zero attached hydrogens (tertiary/aromatic N) is 1. The molecule has 10 heteroatoms. The van der Waals surface area contributed by atoms with Crippen molar-refractivity contribution in [3.05, 3.63) is 83.4 Å². The second-order valence-electron chi connectivity index (χ2n) is 8.20. The number of rotatable bonds is 8. The number of para-hydroxylation sites is 2. The molecule has 0 spiro atoms. The van der Waals surface area contributed by atoms with Gasteiger partial charge < -0.3 is 19.5 Å². The molecule has 1 fully saturated rings. The van der Waals surface area contributed by atoms with E-state index in [0.717, 1.165) is 4.90 Å². The minimum atomic E-state index is -0.866. The lowest BCUT2D eigenvalue weighted by molar-refractivity contribution is -0.122. The summed E-state index contributed by atoms with van der Waals surface area (Å²) in [4.78, 5) is 50.5. The third-order valence-electron chi connectivity index (χ3n) is 5.61. The molecule has 1 aliphatic heterocycles. The summed E-state index contributed by atoms with van der Waals surface area (Å²) in [5.41, 5.74) is 1.82. The number of anilines is 2. The Bertz CT molecular complexity index is 1430. The number of ether oxygens (including phenoxy) is 3. The van der Waals surface area contributed by atoms with Crippen molar-refractivity contribution in [3.63, 3.8) is 0 Å². The Hall–Kier alpha value is -5.12. The first kappa shape index (κ1) is 26.0. The van der Waals surface area contributed by atoms with Gasteiger partial charge in [-0.25, -0.2) is 9.69 Å². The van der Waals surface area contributed by atoms with Crippen molar-refractivity contribution in [2.24, 2.45) is 0 Å². The minimum absolute atomic E-state index is 0.131. The molecule has 2 N–H and O–H groups in total. The summed E-state index contributed by atoms with van der Waals surface area (Å²) in [7, 11) is 2.94. The molecule has 3 aromatic rings. The number of carbonyl (C=O) groups is 4. The van der Waals surface area contributed by atoms with Crippen LogP contribution in [0.15, 0.2) is 72.3 Å². The van der Waals surface area contributed by atoms with Crippen molar-refractivity contribution in [2.45, 2.75) is 13.5 Å². The van der Waals surface area contributed by atoms with Crippen LogP contribution in [0.3, 0.4) is 0 Å². The van der Waals surface area contributed by atoms with Crippen molar-refractivity contribution < 1.29 is 33.4 Å². The Kier molecular flexibility index (Phi) is 7.72. The Morgan fingerprint density at radius 3 is 2.34 bits per heavy atom. The third kappa shape index (κ3) is 5.65. The molecule has 38 heavy (non-hydrogen) atoms. The molecule has 1 aliphatic rings. The predicted octanol–water partition coefficient (Wildman–Crippen LogP) is 3.91. The zero-order valence-corrected chi connectivity index (χ0v) is 20.9. The molecular weight excluding hydrogens is 490 g/mol. The highest BCUT2D eigenvalue weighted by molar-refractivity contribution is 6.39. The number of hydrogen-bond donors (Lipinski definition) is 2. The van der Waals surface area contributed by atoms with Crippen LogP contribution >= 0.6 is 0 Å². The highest BCUT2D eigenvalue weighted by atomic mass is 16.5. The number of amides is 5. The molecule has 0 bridgehead atoms. The van der Waals surface area contributed by atoms with Gasteiger partial charge in [-0.15, -0.1) is 0 Å². The fraction of sp³-hybridized carbons (Fsp3) is 0.143. The van der Waals surface area contributed by atoms with Gasteiger partial charge in [0.1, 0.15) is 29.4 Å². The quantitative estimate of drug-likeness (QED) is 0.344. The van der Waals surface area contributed by atoms with Gasteiger partial charge >= 0.3 is 6.03 Å². The van der Waals surface area contributed by atoms with E-state index >= 15 is 0 Å². The molecule has 0 aromatic heterocycles. The number of carbonyl (C=O) groups excluding carboxylic acids is 4. The van der Waals surface area contributed by atoms with E-state index in [9.17, 15) is 19.2 Å². The summed E-state index contributed by atoms with van der Waals surface area (Å²) in [5.74, 6) is -0.339. The van der Waals surface area contributed by atoms with E-state index in [-0.39, 0.29) is 23.8 Å². The first-order valence-electron chi connectivity index (χ1n) is 11.5. The zero-order chi connectivity index (χ0) is 27.2. The molecule has 0 saturated carbocycles. The third-order valence-corrected chi connectivity index (χ3v) is 5.61. The smallest absolute Gasteiger partial charge is 0.336 e. The predicted molar refractivity (Wildman–Crippen MR) is 140 cm³/mol. The molecule has 5 amide bonds. The van der Waals surface area contributed by atoms with Crippen LogP contribution in [0, 0.1) is 0 Å². The number of barbiturate groups is 1. The maximum absolute atomic E-state index is 13.3. The highest BCUT2D eigenvalue weighted by Crippen LogP contribution is 2.31. The van der Waals surface area contributed by atoms with Crippen molar-refractivity contribution in [2.75, 3.05) is 24.4 Å². The van der Waals surface area contributed by atoms with E-state index in [1.807, 2.05) is 0 Å². The Labute approximate surface area is 218 Å². The van der Waals surface area contributed by atoms with Gasteiger partial charge in [-0.1, -0.05) is 18.2 Å². The number of urea groups is 1. The lowest BCUT2D eigenvalue weighted by Crippen LogP contribution is -2.54. The van der Waals surface area contributed by atoms with Crippen LogP contribution in [-0.4, -0.2) is 38.0 Å². The van der Waals surface area contributed by atoms with Crippen LogP contribution < -0.4 is 29.7 Å². The van der Waals surface area contributed by atoms with Crippen LogP contribution in [0.5, 0.6) is 17.2 Å². The molecule has 1 saturated heterocycles. The fourth-order valence-electron chi connectivity index (χ4n) is 3.86. The average molecular weight is 516 g/mol. The summed E-state index contributed by atoms with van der Waals surface area (Å²) in [5, 5.41) is 4.90. The first-order valence-corrected chi connectivity index (χ1v) is 11.5. The van der Waals surface area contributed by atoms with Gasteiger partial charge in [-0.05, 0) is 60.2 Å². The maximum atomic E-state index is 13.3. The molecule has 194 valence electrons. The highest BCUT2D eigenvalue weighted by Gasteiger charge is 2.38. The molecule has 0 atom stereocenters. The second-order valence-corrected chi connectivity index (χ2v) is 8.20. The van der Waals surface area contributed by atoms with Crippen molar-refractivity contribution in [1.82, 2.24) is 5.32 Å². The summed E-state index contributed by atoms with van der Waals surface area (Å²) in [6.07, 6.45) is 1.40. The van der Waals surface area contributed by atoms with Crippen molar-refractivity contribution >= 4 is 41.2 Å². The summed E-state index contributed by atoms with van der Waals surface area (Å²) < 4.78 is 16.6. The number of hydrogen-bond acceptors (Lipinski definition) is 7. The van der Waals surface area contributed by atoms with Crippen LogP contribution in [0.2, 0.25) is 0 Å². The molecule has 4 rings (SSSR count). The summed E-state index contributed by atoms with van der Waals surface area (Å²) in [6, 6.07) is 17.6. The molecule has 3 aromatic carbocycles. The number of benzene rings is 3. The summed E-state index contributed by atoms with van der Waals surface area (Å²) >= 11 is 0. The van der Waals surface area contributed by atoms with Gasteiger partial charge in [0, 0.05) is 18.2 Å². The van der Waals surface area contributed by atoms with Gasteiger partial charge in [0.25, 0.3) is 11.8 Å². The van der Waals surface area contributed by atoms with E-state index in [0.29, 0.717) is 34.1 Å².